The molecule has 306 valence electrons. The monoisotopic (exact) mass is 845 g/mol. The molecule has 6 rings (SSSR count). The van der Waals surface area contributed by atoms with Gasteiger partial charge in [0, 0.05) is 56.9 Å². The number of rotatable bonds is 12. The van der Waals surface area contributed by atoms with Gasteiger partial charge in [0.2, 0.25) is 0 Å². The van der Waals surface area contributed by atoms with E-state index >= 15 is 0 Å². The predicted molar refractivity (Wildman–Crippen MR) is 229 cm³/mol. The normalized spacial score (nSPS) is 11.4. The van der Waals surface area contributed by atoms with Gasteiger partial charge in [0.1, 0.15) is 9.79 Å². The van der Waals surface area contributed by atoms with Crippen molar-refractivity contribution in [1.82, 2.24) is 0 Å². The third kappa shape index (κ3) is 9.73. The van der Waals surface area contributed by atoms with E-state index in [1.54, 1.807) is 94.4 Å². The van der Waals surface area contributed by atoms with Crippen molar-refractivity contribution in [2.45, 2.75) is 43.9 Å². The molecule has 0 fully saturated rings. The number of carbonyl (C=O) groups is 4. The van der Waals surface area contributed by atoms with Gasteiger partial charge < -0.3 is 16.0 Å². The molecule has 0 saturated heterocycles. The minimum absolute atomic E-state index is 0.0664. The highest BCUT2D eigenvalue weighted by Crippen LogP contribution is 2.35. The van der Waals surface area contributed by atoms with E-state index in [4.69, 9.17) is 0 Å². The number of aryl methyl sites for hydroxylation is 3. The molecule has 0 spiro atoms. The first-order valence-electron chi connectivity index (χ1n) is 18.4. The average molecular weight is 846 g/mol. The number of nitrogens with one attached hydrogen (secondary N) is 3. The van der Waals surface area contributed by atoms with Gasteiger partial charge in [-0.3, -0.25) is 28.3 Å². The molecule has 0 heterocycles. The van der Waals surface area contributed by atoms with Crippen molar-refractivity contribution in [3.05, 3.63) is 160 Å². The van der Waals surface area contributed by atoms with Gasteiger partial charge >= 0.3 is 0 Å². The van der Waals surface area contributed by atoms with Crippen LogP contribution in [-0.4, -0.2) is 49.4 Å². The lowest BCUT2D eigenvalue weighted by atomic mass is 9.99. The molecule has 15 heteroatoms. The topological polar surface area (TPSA) is 213 Å². The third-order valence-corrected chi connectivity index (χ3v) is 11.4. The minimum atomic E-state index is -4.80. The van der Waals surface area contributed by atoms with Crippen LogP contribution >= 0.6 is 0 Å². The lowest BCUT2D eigenvalue weighted by molar-refractivity contribution is 0.0985. The Hall–Kier alpha value is -6.78. The summed E-state index contributed by atoms with van der Waals surface area (Å²) >= 11 is 0. The van der Waals surface area contributed by atoms with Crippen LogP contribution in [0.25, 0.3) is 22.3 Å². The van der Waals surface area contributed by atoms with Gasteiger partial charge in [0.25, 0.3) is 38.0 Å². The molecule has 6 aromatic rings. The fourth-order valence-corrected chi connectivity index (χ4v) is 8.13. The number of hydrogen-bond acceptors (Lipinski definition) is 8. The molecule has 3 amide bonds. The van der Waals surface area contributed by atoms with Gasteiger partial charge in [-0.2, -0.15) is 16.8 Å². The molecule has 6 aromatic carbocycles. The maximum atomic E-state index is 13.2. The molecule has 0 bridgehead atoms. The molecule has 0 radical (unpaired) electrons. The molecule has 0 aromatic heterocycles. The van der Waals surface area contributed by atoms with E-state index in [1.807, 2.05) is 0 Å². The molecule has 5 N–H and O–H groups in total. The largest absolute Gasteiger partial charge is 0.322 e. The van der Waals surface area contributed by atoms with Crippen LogP contribution in [0.5, 0.6) is 0 Å². The van der Waals surface area contributed by atoms with Crippen LogP contribution in [0.15, 0.2) is 131 Å². The van der Waals surface area contributed by atoms with Crippen molar-refractivity contribution >= 4 is 60.8 Å². The fourth-order valence-electron chi connectivity index (χ4n) is 6.61. The summed E-state index contributed by atoms with van der Waals surface area (Å²) in [6.07, 6.45) is 0.297. The molecular weight excluding hydrogens is 807 g/mol. The van der Waals surface area contributed by atoms with Crippen molar-refractivity contribution in [2.24, 2.45) is 0 Å². The molecule has 0 aliphatic carbocycles. The number of Topliss-reactive ketones (excluding diaryl/α,β-unsaturated/α-hetero) is 1. The summed E-state index contributed by atoms with van der Waals surface area (Å²) in [7, 11) is -9.29. The van der Waals surface area contributed by atoms with E-state index < -0.39 is 42.9 Å². The standard InChI is InChI=1S/C45H39N3O10S2/c1-5-40(49)31-7-6-8-32(24-31)45(52)47-34-15-19-37(28(4)23-34)39-20-16-35(25-42(39)60(56,57)58)48-44(51)30-12-10-29(11-13-30)43(50)46-33-14-18-36(27(3)22-33)38-17-9-26(2)21-41(38)59(53,54)55/h6-25H,5H2,1-4H3,(H,46,50)(H,47,52)(H,48,51)(H,53,54,55)(H,56,57,58). The van der Waals surface area contributed by atoms with Gasteiger partial charge in [-0.25, -0.2) is 0 Å². The fraction of sp³-hybridized carbons (Fsp3) is 0.111. The molecule has 60 heavy (non-hydrogen) atoms. The summed E-state index contributed by atoms with van der Waals surface area (Å²) in [5.41, 5.74) is 5.29. The maximum absolute atomic E-state index is 13.2. The Kier molecular flexibility index (Phi) is 12.3. The van der Waals surface area contributed by atoms with Crippen LogP contribution < -0.4 is 16.0 Å². The van der Waals surface area contributed by atoms with E-state index in [0.717, 1.165) is 6.07 Å². The quantitative estimate of drug-likeness (QED) is 0.0583. The van der Waals surface area contributed by atoms with Crippen LogP contribution in [0, 0.1) is 20.8 Å². The minimum Gasteiger partial charge on any atom is -0.322 e. The second-order valence-electron chi connectivity index (χ2n) is 14.0. The number of hydrogen-bond donors (Lipinski definition) is 5. The summed E-state index contributed by atoms with van der Waals surface area (Å²) in [5.74, 6) is -1.65. The first kappa shape index (κ1) is 42.8. The zero-order chi connectivity index (χ0) is 43.5. The zero-order valence-corrected chi connectivity index (χ0v) is 34.4. The van der Waals surface area contributed by atoms with Crippen LogP contribution in [0.1, 0.15) is 71.5 Å². The van der Waals surface area contributed by atoms with E-state index in [-0.39, 0.29) is 33.1 Å². The first-order chi connectivity index (χ1) is 28.3. The highest BCUT2D eigenvalue weighted by Gasteiger charge is 2.22. The summed E-state index contributed by atoms with van der Waals surface area (Å²) in [6, 6.07) is 30.5. The van der Waals surface area contributed by atoms with E-state index in [9.17, 15) is 45.1 Å². The second kappa shape index (κ2) is 17.2. The highest BCUT2D eigenvalue weighted by atomic mass is 32.2. The Labute approximate surface area is 347 Å². The van der Waals surface area contributed by atoms with Crippen molar-refractivity contribution < 1.29 is 45.1 Å². The number of carbonyl (C=O) groups excluding carboxylic acids is 4. The summed E-state index contributed by atoms with van der Waals surface area (Å²) in [4.78, 5) is 50.7. The maximum Gasteiger partial charge on any atom is 0.295 e. The van der Waals surface area contributed by atoms with E-state index in [0.29, 0.717) is 62.3 Å². The lowest BCUT2D eigenvalue weighted by Crippen LogP contribution is -2.15. The molecular formula is C45H39N3O10S2. The molecule has 0 saturated carbocycles. The van der Waals surface area contributed by atoms with Crippen LogP contribution in [0.4, 0.5) is 17.1 Å². The van der Waals surface area contributed by atoms with Crippen molar-refractivity contribution in [3.8, 4) is 22.3 Å². The van der Waals surface area contributed by atoms with Gasteiger partial charge in [-0.1, -0.05) is 49.4 Å². The Morgan fingerprint density at radius 2 is 0.867 bits per heavy atom. The Morgan fingerprint density at radius 3 is 1.32 bits per heavy atom. The molecule has 0 aliphatic heterocycles. The van der Waals surface area contributed by atoms with Crippen LogP contribution in [-0.2, 0) is 20.2 Å². The van der Waals surface area contributed by atoms with E-state index in [2.05, 4.69) is 16.0 Å². The SMILES string of the molecule is CCC(=O)c1cccc(C(=O)Nc2ccc(-c3ccc(NC(=O)c4ccc(C(=O)Nc5ccc(-c6ccc(C)cc6S(=O)(=O)O)c(C)c5)cc4)cc3S(=O)(=O)O)c(C)c2)c1. The summed E-state index contributed by atoms with van der Waals surface area (Å²) in [5, 5.41) is 8.17. The zero-order valence-electron chi connectivity index (χ0n) is 32.7. The smallest absolute Gasteiger partial charge is 0.295 e. The molecule has 0 unspecified atom stereocenters. The number of benzene rings is 6. The molecule has 0 aliphatic rings. The summed E-state index contributed by atoms with van der Waals surface area (Å²) in [6.45, 7) is 6.88. The van der Waals surface area contributed by atoms with Crippen LogP contribution in [0.3, 0.4) is 0 Å². The average Bonchev–Trinajstić information content (AvgIpc) is 3.20. The van der Waals surface area contributed by atoms with Crippen molar-refractivity contribution in [2.75, 3.05) is 16.0 Å². The molecule has 0 atom stereocenters. The van der Waals surface area contributed by atoms with Gasteiger partial charge in [-0.05, 0) is 127 Å². The Bertz CT molecular complexity index is 2940. The Balaban J connectivity index is 1.14. The number of ketones is 1. The van der Waals surface area contributed by atoms with Gasteiger partial charge in [0.05, 0.1) is 0 Å². The predicted octanol–water partition coefficient (Wildman–Crippen LogP) is 8.79. The first-order valence-corrected chi connectivity index (χ1v) is 21.3. The second-order valence-corrected chi connectivity index (χ2v) is 16.8. The van der Waals surface area contributed by atoms with Crippen LogP contribution in [0.2, 0.25) is 0 Å². The molecule has 13 nitrogen and oxygen atoms in total. The van der Waals surface area contributed by atoms with E-state index in [1.165, 1.54) is 48.5 Å². The lowest BCUT2D eigenvalue weighted by Gasteiger charge is -2.15. The third-order valence-electron chi connectivity index (χ3n) is 9.66. The highest BCUT2D eigenvalue weighted by molar-refractivity contribution is 7.86. The van der Waals surface area contributed by atoms with Gasteiger partial charge in [-0.15, -0.1) is 0 Å². The number of amides is 3. The van der Waals surface area contributed by atoms with Crippen molar-refractivity contribution in [3.63, 3.8) is 0 Å². The Morgan fingerprint density at radius 1 is 0.467 bits per heavy atom. The van der Waals surface area contributed by atoms with Gasteiger partial charge in [0.15, 0.2) is 5.78 Å². The number of anilines is 3. The summed E-state index contributed by atoms with van der Waals surface area (Å²) < 4.78 is 69.3. The van der Waals surface area contributed by atoms with Crippen molar-refractivity contribution in [1.29, 1.82) is 0 Å².